The number of rotatable bonds is 6. The molecule has 0 radical (unpaired) electrons. The maximum atomic E-state index is 12.2. The largest absolute Gasteiger partial charge is 0.493 e. The van der Waals surface area contributed by atoms with Crippen LogP contribution in [0.4, 0.5) is 0 Å². The lowest BCUT2D eigenvalue weighted by Gasteiger charge is -2.22. The highest BCUT2D eigenvalue weighted by Crippen LogP contribution is 2.44. The first-order valence-corrected chi connectivity index (χ1v) is 8.43. The number of carbonyl (C=O) groups is 1. The molecule has 2 aliphatic rings. The third kappa shape index (κ3) is 3.21. The number of ether oxygens (including phenoxy) is 3. The minimum atomic E-state index is -0.0515. The molecule has 2 saturated carbocycles. The second-order valence-corrected chi connectivity index (χ2v) is 6.55. The van der Waals surface area contributed by atoms with Gasteiger partial charge in [0.2, 0.25) is 11.7 Å². The predicted octanol–water partition coefficient (Wildman–Crippen LogP) is 3.03. The molecule has 2 bridgehead atoms. The Bertz CT molecular complexity index is 640. The number of fused-ring (bicyclic) bond motifs is 2. The maximum absolute atomic E-state index is 12.2. The lowest BCUT2D eigenvalue weighted by Crippen LogP contribution is -2.37. The van der Waals surface area contributed by atoms with Crippen LogP contribution in [-0.2, 0) is 4.79 Å². The van der Waals surface area contributed by atoms with Crippen LogP contribution in [0.15, 0.2) is 18.2 Å². The van der Waals surface area contributed by atoms with Crippen molar-refractivity contribution in [3.63, 3.8) is 0 Å². The summed E-state index contributed by atoms with van der Waals surface area (Å²) in [5.41, 5.74) is 0.776. The van der Waals surface area contributed by atoms with E-state index in [2.05, 4.69) is 5.32 Å². The number of hydrogen-bond acceptors (Lipinski definition) is 4. The van der Waals surface area contributed by atoms with Gasteiger partial charge in [0.25, 0.3) is 0 Å². The number of hydrogen-bond donors (Lipinski definition) is 1. The second-order valence-electron chi connectivity index (χ2n) is 6.55. The minimum absolute atomic E-state index is 0.0515. The number of amides is 1. The van der Waals surface area contributed by atoms with Gasteiger partial charge in [-0.05, 0) is 49.3 Å². The number of nitrogens with one attached hydrogen (secondary N) is 1. The molecule has 0 aromatic heterocycles. The van der Waals surface area contributed by atoms with Gasteiger partial charge in [-0.15, -0.1) is 0 Å². The summed E-state index contributed by atoms with van der Waals surface area (Å²) in [5.74, 6) is 3.11. The molecule has 0 heterocycles. The van der Waals surface area contributed by atoms with E-state index in [-0.39, 0.29) is 5.91 Å². The predicted molar refractivity (Wildman–Crippen MR) is 92.5 cm³/mol. The Labute approximate surface area is 143 Å². The Balaban J connectivity index is 1.70. The molecule has 2 fully saturated rings. The van der Waals surface area contributed by atoms with Crippen LogP contribution in [0.5, 0.6) is 17.2 Å². The summed E-state index contributed by atoms with van der Waals surface area (Å²) in [6.45, 7) is 0. The summed E-state index contributed by atoms with van der Waals surface area (Å²) in [7, 11) is 4.72. The Morgan fingerprint density at radius 1 is 1.08 bits per heavy atom. The summed E-state index contributed by atoms with van der Waals surface area (Å²) in [6.07, 6.45) is 8.31. The highest BCUT2D eigenvalue weighted by Gasteiger charge is 2.39. The molecule has 1 aromatic rings. The zero-order valence-corrected chi connectivity index (χ0v) is 14.5. The molecule has 130 valence electrons. The van der Waals surface area contributed by atoms with Gasteiger partial charge in [0.1, 0.15) is 0 Å². The van der Waals surface area contributed by atoms with Crippen molar-refractivity contribution in [3.8, 4) is 17.2 Å². The van der Waals surface area contributed by atoms with Crippen LogP contribution in [0.25, 0.3) is 6.08 Å². The van der Waals surface area contributed by atoms with E-state index in [1.165, 1.54) is 19.3 Å². The van der Waals surface area contributed by atoms with Crippen LogP contribution < -0.4 is 19.5 Å². The van der Waals surface area contributed by atoms with E-state index in [0.29, 0.717) is 29.2 Å². The van der Waals surface area contributed by atoms with Crippen LogP contribution in [0.2, 0.25) is 0 Å². The van der Waals surface area contributed by atoms with Crippen molar-refractivity contribution in [3.05, 3.63) is 23.8 Å². The molecule has 0 unspecified atom stereocenters. The second kappa shape index (κ2) is 7.16. The van der Waals surface area contributed by atoms with Crippen LogP contribution in [0, 0.1) is 11.8 Å². The van der Waals surface area contributed by atoms with Crippen molar-refractivity contribution < 1.29 is 19.0 Å². The molecule has 0 spiro atoms. The van der Waals surface area contributed by atoms with E-state index in [1.807, 2.05) is 6.07 Å². The highest BCUT2D eigenvalue weighted by molar-refractivity contribution is 5.92. The van der Waals surface area contributed by atoms with Gasteiger partial charge in [-0.2, -0.15) is 0 Å². The molecule has 2 aliphatic carbocycles. The summed E-state index contributed by atoms with van der Waals surface area (Å²) in [5, 5.41) is 3.15. The van der Waals surface area contributed by atoms with Crippen molar-refractivity contribution in [1.82, 2.24) is 5.32 Å². The molecule has 0 aliphatic heterocycles. The van der Waals surface area contributed by atoms with Gasteiger partial charge in [-0.1, -0.05) is 6.42 Å². The minimum Gasteiger partial charge on any atom is -0.493 e. The molecule has 3 atom stereocenters. The fourth-order valence-electron chi connectivity index (χ4n) is 4.07. The zero-order valence-electron chi connectivity index (χ0n) is 14.5. The molecule has 5 nitrogen and oxygen atoms in total. The monoisotopic (exact) mass is 331 g/mol. The Morgan fingerprint density at radius 3 is 2.46 bits per heavy atom. The van der Waals surface area contributed by atoms with Gasteiger partial charge in [0.15, 0.2) is 11.5 Å². The lowest BCUT2D eigenvalue weighted by atomic mass is 9.95. The molecular weight excluding hydrogens is 306 g/mol. The first-order valence-electron chi connectivity index (χ1n) is 8.43. The molecule has 1 aromatic carbocycles. The SMILES string of the molecule is COc1ccc(/C=C/C(=O)N[C@H]2C[C@H]3CC[C@H]2C3)c(OC)c1OC. The van der Waals surface area contributed by atoms with Crippen LogP contribution in [0.1, 0.15) is 31.2 Å². The van der Waals surface area contributed by atoms with E-state index in [9.17, 15) is 4.79 Å². The summed E-state index contributed by atoms with van der Waals surface area (Å²) < 4.78 is 16.1. The van der Waals surface area contributed by atoms with Gasteiger partial charge in [0, 0.05) is 17.7 Å². The summed E-state index contributed by atoms with van der Waals surface area (Å²) >= 11 is 0. The number of benzene rings is 1. The van der Waals surface area contributed by atoms with Crippen molar-refractivity contribution in [2.45, 2.75) is 31.7 Å². The summed E-state index contributed by atoms with van der Waals surface area (Å²) in [6, 6.07) is 3.99. The topological polar surface area (TPSA) is 56.8 Å². The van der Waals surface area contributed by atoms with Gasteiger partial charge < -0.3 is 19.5 Å². The lowest BCUT2D eigenvalue weighted by molar-refractivity contribution is -0.117. The van der Waals surface area contributed by atoms with Gasteiger partial charge >= 0.3 is 0 Å². The smallest absolute Gasteiger partial charge is 0.244 e. The third-order valence-electron chi connectivity index (χ3n) is 5.21. The Morgan fingerprint density at radius 2 is 1.88 bits per heavy atom. The molecule has 1 amide bonds. The van der Waals surface area contributed by atoms with Crippen molar-refractivity contribution in [1.29, 1.82) is 0 Å². The highest BCUT2D eigenvalue weighted by atomic mass is 16.5. The standard InChI is InChI=1S/C19H25NO4/c1-22-16-8-6-13(18(23-2)19(16)24-3)7-9-17(21)20-15-11-12-4-5-14(15)10-12/h6-9,12,14-15H,4-5,10-11H2,1-3H3,(H,20,21)/b9-7+/t12-,14-,15-/m0/s1. The Kier molecular flexibility index (Phi) is 4.97. The average Bonchev–Trinajstić information content (AvgIpc) is 3.21. The van der Waals surface area contributed by atoms with Crippen LogP contribution in [-0.4, -0.2) is 33.3 Å². The molecule has 5 heteroatoms. The van der Waals surface area contributed by atoms with Crippen molar-refractivity contribution in [2.24, 2.45) is 11.8 Å². The van der Waals surface area contributed by atoms with E-state index in [0.717, 1.165) is 17.9 Å². The first kappa shape index (κ1) is 16.7. The van der Waals surface area contributed by atoms with Crippen LogP contribution in [0.3, 0.4) is 0 Å². The summed E-state index contributed by atoms with van der Waals surface area (Å²) in [4.78, 5) is 12.2. The quantitative estimate of drug-likeness (QED) is 0.814. The first-order chi connectivity index (χ1) is 11.7. The molecular formula is C19H25NO4. The van der Waals surface area contributed by atoms with Gasteiger partial charge in [-0.25, -0.2) is 0 Å². The number of methoxy groups -OCH3 is 3. The van der Waals surface area contributed by atoms with Gasteiger partial charge in [-0.3, -0.25) is 4.79 Å². The molecule has 3 rings (SSSR count). The van der Waals surface area contributed by atoms with E-state index >= 15 is 0 Å². The third-order valence-corrected chi connectivity index (χ3v) is 5.21. The van der Waals surface area contributed by atoms with E-state index in [1.54, 1.807) is 39.5 Å². The van der Waals surface area contributed by atoms with E-state index < -0.39 is 0 Å². The molecule has 1 N–H and O–H groups in total. The van der Waals surface area contributed by atoms with Crippen LogP contribution >= 0.6 is 0 Å². The van der Waals surface area contributed by atoms with Gasteiger partial charge in [0.05, 0.1) is 21.3 Å². The maximum Gasteiger partial charge on any atom is 0.244 e. The Hall–Kier alpha value is -2.17. The van der Waals surface area contributed by atoms with E-state index in [4.69, 9.17) is 14.2 Å². The average molecular weight is 331 g/mol. The normalized spacial score (nSPS) is 25.0. The molecule has 0 saturated heterocycles. The fourth-order valence-corrected chi connectivity index (χ4v) is 4.07. The fraction of sp³-hybridized carbons (Fsp3) is 0.526. The number of carbonyl (C=O) groups excluding carboxylic acids is 1. The zero-order chi connectivity index (χ0) is 17.1. The molecule has 24 heavy (non-hydrogen) atoms. The van der Waals surface area contributed by atoms with Crippen molar-refractivity contribution in [2.75, 3.05) is 21.3 Å². The van der Waals surface area contributed by atoms with Crippen molar-refractivity contribution >= 4 is 12.0 Å².